The van der Waals surface area contributed by atoms with Crippen molar-refractivity contribution in [1.82, 2.24) is 15.3 Å². The van der Waals surface area contributed by atoms with Crippen molar-refractivity contribution in [3.05, 3.63) is 21.3 Å². The molecule has 1 saturated carbocycles. The molecule has 124 valence electrons. The van der Waals surface area contributed by atoms with Gasteiger partial charge in [0.1, 0.15) is 4.83 Å². The molecule has 3 rings (SSSR count). The number of H-pyrrole nitrogens is 1. The molecule has 2 atom stereocenters. The van der Waals surface area contributed by atoms with Gasteiger partial charge in [0.2, 0.25) is 5.91 Å². The van der Waals surface area contributed by atoms with E-state index in [4.69, 9.17) is 0 Å². The largest absolute Gasteiger partial charge is 0.352 e. The predicted octanol–water partition coefficient (Wildman–Crippen LogP) is 3.08. The summed E-state index contributed by atoms with van der Waals surface area (Å²) in [5.41, 5.74) is 0.817. The van der Waals surface area contributed by atoms with Crippen molar-refractivity contribution < 1.29 is 4.79 Å². The zero-order valence-electron chi connectivity index (χ0n) is 13.3. The molecule has 1 aliphatic rings. The van der Waals surface area contributed by atoms with Crippen molar-refractivity contribution in [2.45, 2.75) is 50.7 Å². The molecule has 0 aliphatic heterocycles. The summed E-state index contributed by atoms with van der Waals surface area (Å²) in [6.45, 7) is 4.10. The van der Waals surface area contributed by atoms with Crippen LogP contribution in [0.15, 0.2) is 15.3 Å². The first-order chi connectivity index (χ1) is 11.0. The van der Waals surface area contributed by atoms with Crippen molar-refractivity contribution in [2.24, 2.45) is 5.92 Å². The Morgan fingerprint density at radius 1 is 1.48 bits per heavy atom. The Morgan fingerprint density at radius 3 is 3.04 bits per heavy atom. The second kappa shape index (κ2) is 7.05. The highest BCUT2D eigenvalue weighted by atomic mass is 32.2. The molecule has 2 aromatic rings. The maximum Gasteiger partial charge on any atom is 0.260 e. The first-order valence-corrected chi connectivity index (χ1v) is 9.81. The summed E-state index contributed by atoms with van der Waals surface area (Å²) in [7, 11) is 0. The normalized spacial score (nSPS) is 21.5. The van der Waals surface area contributed by atoms with Crippen LogP contribution >= 0.6 is 23.1 Å². The van der Waals surface area contributed by atoms with E-state index >= 15 is 0 Å². The van der Waals surface area contributed by atoms with Crippen molar-refractivity contribution >= 4 is 39.2 Å². The van der Waals surface area contributed by atoms with Crippen molar-refractivity contribution in [3.63, 3.8) is 0 Å². The highest BCUT2D eigenvalue weighted by Gasteiger charge is 2.22. The Morgan fingerprint density at radius 2 is 2.26 bits per heavy atom. The number of amides is 1. The molecule has 1 aliphatic carbocycles. The van der Waals surface area contributed by atoms with E-state index in [-0.39, 0.29) is 23.3 Å². The van der Waals surface area contributed by atoms with Gasteiger partial charge in [0.25, 0.3) is 5.56 Å². The first-order valence-electron chi connectivity index (χ1n) is 7.95. The maximum absolute atomic E-state index is 12.1. The molecule has 2 N–H and O–H groups in total. The third-order valence-electron chi connectivity index (χ3n) is 4.40. The minimum Gasteiger partial charge on any atom is -0.352 e. The third-order valence-corrected chi connectivity index (χ3v) is 6.27. The van der Waals surface area contributed by atoms with Crippen molar-refractivity contribution in [1.29, 1.82) is 0 Å². The number of hydrogen-bond donors (Lipinski definition) is 2. The molecule has 0 unspecified atom stereocenters. The second-order valence-corrected chi connectivity index (χ2v) is 8.02. The standard InChI is InChI=1S/C16H21N3O2S2/c1-9-5-3-4-6-11(9)17-12(20)8-23-16-18-14(21)13-10(2)7-22-15(13)19-16/h7,9,11H,3-6,8H2,1-2H3,(H,17,20)(H,18,19,21)/t9-,11-/m1/s1. The maximum atomic E-state index is 12.1. The number of carbonyl (C=O) groups excluding carboxylic acids is 1. The van der Waals surface area contributed by atoms with Gasteiger partial charge in [-0.25, -0.2) is 4.98 Å². The van der Waals surface area contributed by atoms with Crippen LogP contribution in [0.25, 0.3) is 10.2 Å². The van der Waals surface area contributed by atoms with E-state index in [0.717, 1.165) is 16.8 Å². The van der Waals surface area contributed by atoms with Crippen molar-refractivity contribution in [3.8, 4) is 0 Å². The SMILES string of the molecule is Cc1csc2nc(SCC(=O)N[C@@H]3CCCC[C@H]3C)[nH]c(=O)c12. The van der Waals surface area contributed by atoms with E-state index < -0.39 is 0 Å². The van der Waals surface area contributed by atoms with Gasteiger partial charge < -0.3 is 10.3 Å². The average molecular weight is 351 g/mol. The number of aromatic amines is 1. The number of aryl methyl sites for hydroxylation is 1. The molecule has 7 heteroatoms. The molecular weight excluding hydrogens is 330 g/mol. The van der Waals surface area contributed by atoms with Crippen LogP contribution in [-0.4, -0.2) is 27.7 Å². The number of nitrogens with zero attached hydrogens (tertiary/aromatic N) is 1. The Bertz CT molecular complexity index is 768. The first kappa shape index (κ1) is 16.5. The van der Waals surface area contributed by atoms with Crippen LogP contribution in [-0.2, 0) is 4.79 Å². The van der Waals surface area contributed by atoms with Gasteiger partial charge >= 0.3 is 0 Å². The summed E-state index contributed by atoms with van der Waals surface area (Å²) >= 11 is 2.74. The summed E-state index contributed by atoms with van der Waals surface area (Å²) < 4.78 is 0. The van der Waals surface area contributed by atoms with Crippen LogP contribution in [0.2, 0.25) is 0 Å². The minimum absolute atomic E-state index is 0.0128. The predicted molar refractivity (Wildman–Crippen MR) is 95.3 cm³/mol. The lowest BCUT2D eigenvalue weighted by Gasteiger charge is -2.29. The van der Waals surface area contributed by atoms with E-state index in [2.05, 4.69) is 22.2 Å². The Kier molecular flexibility index (Phi) is 5.06. The van der Waals surface area contributed by atoms with E-state index in [1.165, 1.54) is 42.4 Å². The number of thioether (sulfide) groups is 1. The molecule has 0 spiro atoms. The quantitative estimate of drug-likeness (QED) is 0.656. The van der Waals surface area contributed by atoms with Gasteiger partial charge in [-0.2, -0.15) is 0 Å². The smallest absolute Gasteiger partial charge is 0.260 e. The molecule has 1 fully saturated rings. The van der Waals surface area contributed by atoms with Gasteiger partial charge in [-0.3, -0.25) is 9.59 Å². The fourth-order valence-corrected chi connectivity index (χ4v) is 4.70. The molecule has 0 radical (unpaired) electrons. The number of aromatic nitrogens is 2. The van der Waals surface area contributed by atoms with Crippen molar-refractivity contribution in [2.75, 3.05) is 5.75 Å². The van der Waals surface area contributed by atoms with Crippen LogP contribution in [0.5, 0.6) is 0 Å². The van der Waals surface area contributed by atoms with Gasteiger partial charge in [0, 0.05) is 6.04 Å². The highest BCUT2D eigenvalue weighted by molar-refractivity contribution is 7.99. The monoisotopic (exact) mass is 351 g/mol. The summed E-state index contributed by atoms with van der Waals surface area (Å²) in [5.74, 6) is 0.835. The van der Waals surface area contributed by atoms with E-state index in [0.29, 0.717) is 16.5 Å². The number of thiophene rings is 1. The molecule has 0 saturated heterocycles. The molecule has 1 amide bonds. The fourth-order valence-electron chi connectivity index (χ4n) is 3.05. The molecule has 23 heavy (non-hydrogen) atoms. The fraction of sp³-hybridized carbons (Fsp3) is 0.562. The number of hydrogen-bond acceptors (Lipinski definition) is 5. The van der Waals surface area contributed by atoms with Crippen LogP contribution in [0.3, 0.4) is 0 Å². The van der Waals surface area contributed by atoms with Crippen LogP contribution in [0.4, 0.5) is 0 Å². The zero-order chi connectivity index (χ0) is 16.4. The van der Waals surface area contributed by atoms with E-state index in [9.17, 15) is 9.59 Å². The summed E-state index contributed by atoms with van der Waals surface area (Å²) in [6.07, 6.45) is 4.69. The Hall–Kier alpha value is -1.34. The zero-order valence-corrected chi connectivity index (χ0v) is 15.0. The lowest BCUT2D eigenvalue weighted by Crippen LogP contribution is -2.41. The lowest BCUT2D eigenvalue weighted by atomic mass is 9.86. The van der Waals surface area contributed by atoms with E-state index in [1.54, 1.807) is 0 Å². The topological polar surface area (TPSA) is 74.8 Å². The van der Waals surface area contributed by atoms with Gasteiger partial charge in [0.15, 0.2) is 5.16 Å². The molecular formula is C16H21N3O2S2. The number of fused-ring (bicyclic) bond motifs is 1. The number of rotatable bonds is 4. The van der Waals surface area contributed by atoms with Gasteiger partial charge in [0.05, 0.1) is 11.1 Å². The summed E-state index contributed by atoms with van der Waals surface area (Å²) in [6, 6.07) is 0.284. The Labute approximate surface area is 143 Å². The van der Waals surface area contributed by atoms with Crippen LogP contribution in [0, 0.1) is 12.8 Å². The lowest BCUT2D eigenvalue weighted by molar-refractivity contribution is -0.119. The van der Waals surface area contributed by atoms with Gasteiger partial charge in [-0.15, -0.1) is 11.3 Å². The van der Waals surface area contributed by atoms with Gasteiger partial charge in [-0.1, -0.05) is 31.5 Å². The van der Waals surface area contributed by atoms with Crippen LogP contribution < -0.4 is 10.9 Å². The molecule has 0 aromatic carbocycles. The average Bonchev–Trinajstić information content (AvgIpc) is 2.89. The molecule has 5 nitrogen and oxygen atoms in total. The molecule has 2 heterocycles. The molecule has 0 bridgehead atoms. The van der Waals surface area contributed by atoms with Gasteiger partial charge in [-0.05, 0) is 36.6 Å². The summed E-state index contributed by atoms with van der Waals surface area (Å²) in [4.78, 5) is 32.2. The highest BCUT2D eigenvalue weighted by Crippen LogP contribution is 2.25. The minimum atomic E-state index is -0.127. The number of carbonyl (C=O) groups is 1. The van der Waals surface area contributed by atoms with Crippen LogP contribution in [0.1, 0.15) is 38.2 Å². The summed E-state index contributed by atoms with van der Waals surface area (Å²) in [5, 5.41) is 6.21. The Balaban J connectivity index is 1.61. The third kappa shape index (κ3) is 3.77. The molecule has 2 aromatic heterocycles. The second-order valence-electron chi connectivity index (χ2n) is 6.19. The van der Waals surface area contributed by atoms with E-state index in [1.807, 2.05) is 12.3 Å². The number of nitrogens with one attached hydrogen (secondary N) is 2.